The van der Waals surface area contributed by atoms with E-state index < -0.39 is 0 Å². The molecule has 1 aromatic rings. The minimum atomic E-state index is -0.181. The number of aryl methyl sites for hydroxylation is 1. The molecule has 2 aliphatic rings. The molecule has 0 saturated carbocycles. The van der Waals surface area contributed by atoms with Gasteiger partial charge < -0.3 is 9.80 Å². The van der Waals surface area contributed by atoms with Crippen LogP contribution in [0.1, 0.15) is 31.7 Å². The first kappa shape index (κ1) is 15.1. The lowest BCUT2D eigenvalue weighted by molar-refractivity contribution is -0.137. The normalized spacial score (nSPS) is 25.6. The van der Waals surface area contributed by atoms with Crippen molar-refractivity contribution in [1.29, 1.82) is 0 Å². The molecule has 4 heteroatoms. The van der Waals surface area contributed by atoms with Crippen molar-refractivity contribution in [1.82, 2.24) is 4.90 Å². The van der Waals surface area contributed by atoms with Crippen molar-refractivity contribution in [3.8, 4) is 0 Å². The van der Waals surface area contributed by atoms with Gasteiger partial charge in [-0.25, -0.2) is 0 Å². The largest absolute Gasteiger partial charge is 0.342 e. The summed E-state index contributed by atoms with van der Waals surface area (Å²) in [5.41, 5.74) is 2.07. The first-order valence-electron chi connectivity index (χ1n) is 8.20. The first-order valence-corrected chi connectivity index (χ1v) is 8.20. The Morgan fingerprint density at radius 2 is 1.91 bits per heavy atom. The van der Waals surface area contributed by atoms with E-state index in [-0.39, 0.29) is 17.7 Å². The number of anilines is 1. The summed E-state index contributed by atoms with van der Waals surface area (Å²) in [5.74, 6) is 0.615. The summed E-state index contributed by atoms with van der Waals surface area (Å²) in [6, 6.07) is 7.93. The molecule has 1 aromatic carbocycles. The number of rotatable bonds is 2. The van der Waals surface area contributed by atoms with Gasteiger partial charge in [0.25, 0.3) is 0 Å². The number of hydrogen-bond donors (Lipinski definition) is 0. The Labute approximate surface area is 132 Å². The molecule has 0 bridgehead atoms. The summed E-state index contributed by atoms with van der Waals surface area (Å²) in [4.78, 5) is 28.7. The average Bonchev–Trinajstić information content (AvgIpc) is 2.89. The molecule has 2 atom stereocenters. The molecule has 2 heterocycles. The fourth-order valence-corrected chi connectivity index (χ4v) is 3.50. The third-order valence-electron chi connectivity index (χ3n) is 4.79. The molecule has 0 N–H and O–H groups in total. The SMILES string of the molecule is Cc1ccc(N2CC(C(=O)N3CCCC(C)C3)CC2=O)cc1. The van der Waals surface area contributed by atoms with Gasteiger partial charge in [0.15, 0.2) is 0 Å². The third kappa shape index (κ3) is 3.01. The van der Waals surface area contributed by atoms with Crippen LogP contribution in [0.25, 0.3) is 0 Å². The molecular weight excluding hydrogens is 276 g/mol. The van der Waals surface area contributed by atoms with E-state index in [2.05, 4.69) is 6.92 Å². The highest BCUT2D eigenvalue weighted by atomic mass is 16.2. The second kappa shape index (κ2) is 6.11. The number of benzene rings is 1. The zero-order chi connectivity index (χ0) is 15.7. The van der Waals surface area contributed by atoms with Gasteiger partial charge in [-0.15, -0.1) is 0 Å². The van der Waals surface area contributed by atoms with E-state index in [9.17, 15) is 9.59 Å². The van der Waals surface area contributed by atoms with Crippen molar-refractivity contribution in [2.75, 3.05) is 24.5 Å². The molecule has 0 radical (unpaired) electrons. The maximum absolute atomic E-state index is 12.7. The standard InChI is InChI=1S/C18H24N2O2/c1-13-5-7-16(8-6-13)20-12-15(10-17(20)21)18(22)19-9-3-4-14(2)11-19/h5-8,14-15H,3-4,9-12H2,1-2H3. The fourth-order valence-electron chi connectivity index (χ4n) is 3.50. The van der Waals surface area contributed by atoms with Crippen molar-refractivity contribution in [2.45, 2.75) is 33.1 Å². The van der Waals surface area contributed by atoms with Crippen LogP contribution in [0, 0.1) is 18.8 Å². The van der Waals surface area contributed by atoms with Crippen LogP contribution < -0.4 is 4.90 Å². The Balaban J connectivity index is 1.68. The van der Waals surface area contributed by atoms with Gasteiger partial charge in [0.1, 0.15) is 0 Å². The zero-order valence-electron chi connectivity index (χ0n) is 13.4. The van der Waals surface area contributed by atoms with E-state index in [0.717, 1.165) is 25.2 Å². The molecule has 2 unspecified atom stereocenters. The first-order chi connectivity index (χ1) is 10.5. The molecule has 2 aliphatic heterocycles. The second-order valence-electron chi connectivity index (χ2n) is 6.77. The van der Waals surface area contributed by atoms with E-state index in [1.165, 1.54) is 12.0 Å². The average molecular weight is 300 g/mol. The minimum absolute atomic E-state index is 0.0623. The lowest BCUT2D eigenvalue weighted by atomic mass is 9.98. The summed E-state index contributed by atoms with van der Waals surface area (Å²) < 4.78 is 0. The van der Waals surface area contributed by atoms with Gasteiger partial charge in [0.05, 0.1) is 5.92 Å². The lowest BCUT2D eigenvalue weighted by Crippen LogP contribution is -2.43. The van der Waals surface area contributed by atoms with Gasteiger partial charge in [-0.2, -0.15) is 0 Å². The Bertz CT molecular complexity index is 567. The summed E-state index contributed by atoms with van der Waals surface area (Å²) in [7, 11) is 0. The van der Waals surface area contributed by atoms with E-state index in [4.69, 9.17) is 0 Å². The topological polar surface area (TPSA) is 40.6 Å². The van der Waals surface area contributed by atoms with E-state index in [0.29, 0.717) is 18.9 Å². The highest BCUT2D eigenvalue weighted by Gasteiger charge is 2.37. The smallest absolute Gasteiger partial charge is 0.228 e. The van der Waals surface area contributed by atoms with E-state index in [1.54, 1.807) is 4.90 Å². The maximum Gasteiger partial charge on any atom is 0.228 e. The molecule has 4 nitrogen and oxygen atoms in total. The van der Waals surface area contributed by atoms with Crippen molar-refractivity contribution in [2.24, 2.45) is 11.8 Å². The predicted molar refractivity (Wildman–Crippen MR) is 86.6 cm³/mol. The van der Waals surface area contributed by atoms with Crippen LogP contribution in [-0.4, -0.2) is 36.3 Å². The Morgan fingerprint density at radius 3 is 2.59 bits per heavy atom. The highest BCUT2D eigenvalue weighted by Crippen LogP contribution is 2.28. The molecule has 0 spiro atoms. The Morgan fingerprint density at radius 1 is 1.18 bits per heavy atom. The van der Waals surface area contributed by atoms with Gasteiger partial charge in [-0.1, -0.05) is 24.6 Å². The number of nitrogens with zero attached hydrogens (tertiary/aromatic N) is 2. The van der Waals surface area contributed by atoms with Crippen molar-refractivity contribution >= 4 is 17.5 Å². The lowest BCUT2D eigenvalue weighted by Gasteiger charge is -2.32. The van der Waals surface area contributed by atoms with E-state index >= 15 is 0 Å². The molecule has 118 valence electrons. The van der Waals surface area contributed by atoms with Crippen LogP contribution in [0.3, 0.4) is 0 Å². The summed E-state index contributed by atoms with van der Waals surface area (Å²) in [6.45, 7) is 6.43. The summed E-state index contributed by atoms with van der Waals surface area (Å²) in [5, 5.41) is 0. The number of hydrogen-bond acceptors (Lipinski definition) is 2. The quantitative estimate of drug-likeness (QED) is 0.842. The Hall–Kier alpha value is -1.84. The van der Waals surface area contributed by atoms with Crippen molar-refractivity contribution in [3.63, 3.8) is 0 Å². The highest BCUT2D eigenvalue weighted by molar-refractivity contribution is 6.00. The molecule has 0 aliphatic carbocycles. The van der Waals surface area contributed by atoms with Crippen LogP contribution >= 0.6 is 0 Å². The van der Waals surface area contributed by atoms with Crippen molar-refractivity contribution in [3.05, 3.63) is 29.8 Å². The maximum atomic E-state index is 12.7. The summed E-state index contributed by atoms with van der Waals surface area (Å²) >= 11 is 0. The molecule has 2 fully saturated rings. The second-order valence-corrected chi connectivity index (χ2v) is 6.77. The van der Waals surface area contributed by atoms with Gasteiger partial charge in [0, 0.05) is 31.7 Å². The van der Waals surface area contributed by atoms with Crippen molar-refractivity contribution < 1.29 is 9.59 Å². The Kier molecular flexibility index (Phi) is 4.19. The van der Waals surface area contributed by atoms with Gasteiger partial charge in [0.2, 0.25) is 11.8 Å². The van der Waals surface area contributed by atoms with Gasteiger partial charge >= 0.3 is 0 Å². The molecule has 2 saturated heterocycles. The molecule has 22 heavy (non-hydrogen) atoms. The van der Waals surface area contributed by atoms with Crippen LogP contribution in [0.5, 0.6) is 0 Å². The molecule has 2 amide bonds. The number of likely N-dealkylation sites (tertiary alicyclic amines) is 1. The molecule has 3 rings (SSSR count). The van der Waals surface area contributed by atoms with Gasteiger partial charge in [-0.3, -0.25) is 9.59 Å². The van der Waals surface area contributed by atoms with Crippen LogP contribution in [0.15, 0.2) is 24.3 Å². The number of carbonyl (C=O) groups is 2. The van der Waals surface area contributed by atoms with Crippen LogP contribution in [0.2, 0.25) is 0 Å². The van der Waals surface area contributed by atoms with Gasteiger partial charge in [-0.05, 0) is 37.8 Å². The molecule has 0 aromatic heterocycles. The molecular formula is C18H24N2O2. The van der Waals surface area contributed by atoms with Crippen LogP contribution in [-0.2, 0) is 9.59 Å². The minimum Gasteiger partial charge on any atom is -0.342 e. The number of amides is 2. The third-order valence-corrected chi connectivity index (χ3v) is 4.79. The fraction of sp³-hybridized carbons (Fsp3) is 0.556. The van der Waals surface area contributed by atoms with Crippen LogP contribution in [0.4, 0.5) is 5.69 Å². The monoisotopic (exact) mass is 300 g/mol. The predicted octanol–water partition coefficient (Wildman–Crippen LogP) is 2.61. The van der Waals surface area contributed by atoms with E-state index in [1.807, 2.05) is 36.1 Å². The zero-order valence-corrected chi connectivity index (χ0v) is 13.4. The number of carbonyl (C=O) groups excluding carboxylic acids is 2. The summed E-state index contributed by atoms with van der Waals surface area (Å²) in [6.07, 6.45) is 2.62. The number of piperidine rings is 1.